The van der Waals surface area contributed by atoms with Gasteiger partial charge in [0, 0.05) is 12.4 Å². The average molecular weight is 128 g/mol. The SMILES string of the molecule is NC(=O)NN1C=CNC1. The van der Waals surface area contributed by atoms with Crippen LogP contribution in [0.15, 0.2) is 12.4 Å². The van der Waals surface area contributed by atoms with E-state index in [4.69, 9.17) is 5.73 Å². The van der Waals surface area contributed by atoms with Gasteiger partial charge in [0.05, 0.1) is 0 Å². The molecule has 1 heterocycles. The van der Waals surface area contributed by atoms with E-state index in [0.717, 1.165) is 0 Å². The van der Waals surface area contributed by atoms with Crippen LogP contribution in [-0.2, 0) is 0 Å². The van der Waals surface area contributed by atoms with Gasteiger partial charge in [0.2, 0.25) is 0 Å². The van der Waals surface area contributed by atoms with Gasteiger partial charge in [0.15, 0.2) is 0 Å². The van der Waals surface area contributed by atoms with Gasteiger partial charge in [-0.05, 0) is 0 Å². The Labute approximate surface area is 52.5 Å². The lowest BCUT2D eigenvalue weighted by atomic mass is 10.9. The summed E-state index contributed by atoms with van der Waals surface area (Å²) >= 11 is 0. The summed E-state index contributed by atoms with van der Waals surface area (Å²) in [5, 5.41) is 4.40. The maximum Gasteiger partial charge on any atom is 0.331 e. The lowest BCUT2D eigenvalue weighted by molar-refractivity contribution is 0.220. The zero-order chi connectivity index (χ0) is 6.69. The van der Waals surface area contributed by atoms with Crippen LogP contribution >= 0.6 is 0 Å². The van der Waals surface area contributed by atoms with Crippen LogP contribution in [0.2, 0.25) is 0 Å². The van der Waals surface area contributed by atoms with Crippen molar-refractivity contribution in [1.29, 1.82) is 0 Å². The van der Waals surface area contributed by atoms with E-state index in [1.807, 2.05) is 0 Å². The van der Waals surface area contributed by atoms with E-state index in [2.05, 4.69) is 10.7 Å². The first kappa shape index (κ1) is 5.74. The predicted octanol–water partition coefficient (Wildman–Crippen LogP) is -1.10. The minimum atomic E-state index is -0.552. The van der Waals surface area contributed by atoms with E-state index in [1.54, 1.807) is 17.4 Å². The van der Waals surface area contributed by atoms with Crippen LogP contribution in [-0.4, -0.2) is 17.7 Å². The highest BCUT2D eigenvalue weighted by Gasteiger charge is 2.02. The minimum Gasteiger partial charge on any atom is -0.371 e. The summed E-state index contributed by atoms with van der Waals surface area (Å²) in [6, 6.07) is -0.552. The number of carbonyl (C=O) groups excluding carboxylic acids is 1. The highest BCUT2D eigenvalue weighted by Crippen LogP contribution is 1.86. The number of primary amides is 1. The summed E-state index contributed by atoms with van der Waals surface area (Å²) in [5.74, 6) is 0. The molecule has 0 atom stereocenters. The van der Waals surface area contributed by atoms with Gasteiger partial charge in [0.25, 0.3) is 0 Å². The Bertz CT molecular complexity index is 144. The lowest BCUT2D eigenvalue weighted by Gasteiger charge is -2.12. The monoisotopic (exact) mass is 128 g/mol. The summed E-state index contributed by atoms with van der Waals surface area (Å²) in [5.41, 5.74) is 7.18. The van der Waals surface area contributed by atoms with E-state index < -0.39 is 6.03 Å². The first-order chi connectivity index (χ1) is 4.29. The second-order valence-electron chi connectivity index (χ2n) is 1.62. The van der Waals surface area contributed by atoms with Crippen LogP contribution in [0.3, 0.4) is 0 Å². The largest absolute Gasteiger partial charge is 0.371 e. The maximum atomic E-state index is 10.2. The molecular weight excluding hydrogens is 120 g/mol. The highest BCUT2D eigenvalue weighted by atomic mass is 16.2. The molecule has 0 aliphatic carbocycles. The third kappa shape index (κ3) is 1.52. The van der Waals surface area contributed by atoms with E-state index in [-0.39, 0.29) is 0 Å². The first-order valence-corrected chi connectivity index (χ1v) is 2.52. The highest BCUT2D eigenvalue weighted by molar-refractivity contribution is 5.71. The van der Waals surface area contributed by atoms with E-state index in [0.29, 0.717) is 6.67 Å². The van der Waals surface area contributed by atoms with Gasteiger partial charge in [-0.25, -0.2) is 10.2 Å². The molecular formula is C4H8N4O. The molecule has 50 valence electrons. The second-order valence-corrected chi connectivity index (χ2v) is 1.62. The summed E-state index contributed by atoms with van der Waals surface area (Å²) in [7, 11) is 0. The molecule has 9 heavy (non-hydrogen) atoms. The normalized spacial score (nSPS) is 15.3. The molecule has 0 spiro atoms. The molecule has 0 unspecified atom stereocenters. The maximum absolute atomic E-state index is 10.2. The first-order valence-electron chi connectivity index (χ1n) is 2.52. The number of nitrogens with two attached hydrogens (primary N) is 1. The Hall–Kier alpha value is -1.39. The third-order valence-corrected chi connectivity index (χ3v) is 0.888. The van der Waals surface area contributed by atoms with E-state index in [1.165, 1.54) is 0 Å². The van der Waals surface area contributed by atoms with Crippen LogP contribution in [0.1, 0.15) is 0 Å². The number of nitrogens with one attached hydrogen (secondary N) is 2. The summed E-state index contributed by atoms with van der Waals surface area (Å²) in [6.45, 7) is 0.572. The second kappa shape index (κ2) is 2.25. The van der Waals surface area contributed by atoms with E-state index >= 15 is 0 Å². The van der Waals surface area contributed by atoms with Crippen molar-refractivity contribution in [2.24, 2.45) is 5.73 Å². The Kier molecular flexibility index (Phi) is 1.44. The Balaban J connectivity index is 2.28. The van der Waals surface area contributed by atoms with Crippen molar-refractivity contribution in [1.82, 2.24) is 15.8 Å². The number of hydrazine groups is 1. The third-order valence-electron chi connectivity index (χ3n) is 0.888. The van der Waals surface area contributed by atoms with Crippen molar-refractivity contribution in [3.8, 4) is 0 Å². The van der Waals surface area contributed by atoms with Crippen molar-refractivity contribution in [2.45, 2.75) is 0 Å². The van der Waals surface area contributed by atoms with E-state index in [9.17, 15) is 4.79 Å². The molecule has 1 aliphatic rings. The number of hydrogen-bond donors (Lipinski definition) is 3. The summed E-state index contributed by atoms with van der Waals surface area (Å²) in [4.78, 5) is 10.2. The smallest absolute Gasteiger partial charge is 0.331 e. The molecule has 1 rings (SSSR count). The Morgan fingerprint density at radius 2 is 2.67 bits per heavy atom. The van der Waals surface area contributed by atoms with Gasteiger partial charge < -0.3 is 11.1 Å². The fourth-order valence-corrected chi connectivity index (χ4v) is 0.565. The molecule has 5 heteroatoms. The molecule has 0 fully saturated rings. The van der Waals surface area contributed by atoms with Gasteiger partial charge in [-0.2, -0.15) is 0 Å². The van der Waals surface area contributed by atoms with Crippen LogP contribution in [0.5, 0.6) is 0 Å². The van der Waals surface area contributed by atoms with Gasteiger partial charge in [-0.3, -0.25) is 5.01 Å². The zero-order valence-electron chi connectivity index (χ0n) is 4.79. The van der Waals surface area contributed by atoms with Crippen molar-refractivity contribution in [2.75, 3.05) is 6.67 Å². The van der Waals surface area contributed by atoms with Gasteiger partial charge in [0.1, 0.15) is 6.67 Å². The number of hydrogen-bond acceptors (Lipinski definition) is 3. The van der Waals surface area contributed by atoms with Crippen molar-refractivity contribution < 1.29 is 4.79 Å². The molecule has 0 aromatic carbocycles. The minimum absolute atomic E-state index is 0.552. The van der Waals surface area contributed by atoms with Crippen molar-refractivity contribution in [3.05, 3.63) is 12.4 Å². The zero-order valence-corrected chi connectivity index (χ0v) is 4.79. The van der Waals surface area contributed by atoms with Crippen LogP contribution in [0, 0.1) is 0 Å². The molecule has 0 aromatic heterocycles. The molecule has 5 nitrogen and oxygen atoms in total. The molecule has 2 amide bonds. The van der Waals surface area contributed by atoms with Crippen LogP contribution in [0.4, 0.5) is 4.79 Å². The number of nitrogens with zero attached hydrogens (tertiary/aromatic N) is 1. The summed E-state index contributed by atoms with van der Waals surface area (Å²) in [6.07, 6.45) is 3.40. The number of rotatable bonds is 1. The number of carbonyl (C=O) groups is 1. The van der Waals surface area contributed by atoms with Crippen LogP contribution < -0.4 is 16.5 Å². The Morgan fingerprint density at radius 3 is 3.11 bits per heavy atom. The molecule has 0 aromatic rings. The molecule has 0 bridgehead atoms. The van der Waals surface area contributed by atoms with Crippen molar-refractivity contribution >= 4 is 6.03 Å². The van der Waals surface area contributed by atoms with Crippen molar-refractivity contribution in [3.63, 3.8) is 0 Å². The number of amides is 2. The molecule has 0 saturated carbocycles. The average Bonchev–Trinajstić information content (AvgIpc) is 2.15. The van der Waals surface area contributed by atoms with Gasteiger partial charge in [-0.1, -0.05) is 0 Å². The lowest BCUT2D eigenvalue weighted by Crippen LogP contribution is -2.42. The molecule has 4 N–H and O–H groups in total. The fourth-order valence-electron chi connectivity index (χ4n) is 0.565. The topological polar surface area (TPSA) is 70.4 Å². The standard InChI is InChI=1S/C4H8N4O/c5-4(9)7-8-2-1-6-3-8/h1-2,6H,3H2,(H3,5,7,9). The van der Waals surface area contributed by atoms with Crippen LogP contribution in [0.25, 0.3) is 0 Å². The molecule has 0 radical (unpaired) electrons. The molecule has 0 saturated heterocycles. The number of urea groups is 1. The molecule has 1 aliphatic heterocycles. The predicted molar refractivity (Wildman–Crippen MR) is 31.7 cm³/mol. The van der Waals surface area contributed by atoms with Gasteiger partial charge >= 0.3 is 6.03 Å². The van der Waals surface area contributed by atoms with Gasteiger partial charge in [-0.15, -0.1) is 0 Å². The fraction of sp³-hybridized carbons (Fsp3) is 0.250. The summed E-state index contributed by atoms with van der Waals surface area (Å²) < 4.78 is 0. The Morgan fingerprint density at radius 1 is 1.89 bits per heavy atom. The quantitative estimate of drug-likeness (QED) is 0.420.